The molecule has 0 saturated carbocycles. The number of rotatable bonds is 4. The molecule has 1 aliphatic heterocycles. The van der Waals surface area contributed by atoms with Crippen molar-refractivity contribution in [2.75, 3.05) is 6.61 Å². The van der Waals surface area contributed by atoms with Gasteiger partial charge >= 0.3 is 6.36 Å². The highest BCUT2D eigenvalue weighted by atomic mass is 19.4. The number of alkyl halides is 3. The van der Waals surface area contributed by atoms with Gasteiger partial charge < -0.3 is 14.8 Å². The van der Waals surface area contributed by atoms with E-state index in [1.165, 1.54) is 24.3 Å². The molecule has 1 aliphatic rings. The number of halogens is 3. The van der Waals surface area contributed by atoms with E-state index in [9.17, 15) is 18.0 Å². The molecule has 2 aromatic carbocycles. The highest BCUT2D eigenvalue weighted by molar-refractivity contribution is 5.98. The molecule has 1 atom stereocenters. The summed E-state index contributed by atoms with van der Waals surface area (Å²) in [5.74, 6) is -0.222. The summed E-state index contributed by atoms with van der Waals surface area (Å²) < 4.78 is 47.6. The van der Waals surface area contributed by atoms with Crippen LogP contribution in [0, 0.1) is 0 Å². The van der Waals surface area contributed by atoms with Crippen LogP contribution in [0.15, 0.2) is 79.1 Å². The smallest absolute Gasteiger partial charge is 0.491 e. The molecule has 3 heterocycles. The number of nitrogens with one attached hydrogen (secondary N) is 1. The Morgan fingerprint density at radius 3 is 2.56 bits per heavy atom. The maximum absolute atomic E-state index is 13.4. The summed E-state index contributed by atoms with van der Waals surface area (Å²) in [7, 11) is 0. The van der Waals surface area contributed by atoms with Gasteiger partial charge in [-0.3, -0.25) is 14.8 Å². The first-order chi connectivity index (χ1) is 16.3. The number of benzene rings is 2. The van der Waals surface area contributed by atoms with E-state index in [1.54, 1.807) is 48.8 Å². The minimum Gasteiger partial charge on any atom is -0.491 e. The van der Waals surface area contributed by atoms with Gasteiger partial charge in [0.1, 0.15) is 22.7 Å². The van der Waals surface area contributed by atoms with E-state index in [2.05, 4.69) is 20.0 Å². The molecule has 0 aliphatic carbocycles. The highest BCUT2D eigenvalue weighted by Gasteiger charge is 2.42. The number of hydrogen-bond donors (Lipinski definition) is 1. The molecule has 0 unspecified atom stereocenters. The van der Waals surface area contributed by atoms with Crippen LogP contribution < -0.4 is 14.8 Å². The van der Waals surface area contributed by atoms with Crippen molar-refractivity contribution in [2.24, 2.45) is 0 Å². The lowest BCUT2D eigenvalue weighted by atomic mass is 9.81. The fourth-order valence-electron chi connectivity index (χ4n) is 4.16. The number of pyridine rings is 2. The lowest BCUT2D eigenvalue weighted by molar-refractivity contribution is -0.274. The number of carbonyl (C=O) groups excluding carboxylic acids is 1. The molecule has 1 N–H and O–H groups in total. The minimum atomic E-state index is -4.80. The number of fused-ring (bicyclic) bond motifs is 2. The van der Waals surface area contributed by atoms with Crippen LogP contribution in [0.4, 0.5) is 13.2 Å². The van der Waals surface area contributed by atoms with E-state index in [4.69, 9.17) is 4.74 Å². The number of aromatic nitrogens is 2. The Hall–Kier alpha value is -4.14. The number of ether oxygens (including phenoxy) is 2. The molecular weight excluding hydrogens is 447 g/mol. The zero-order valence-corrected chi connectivity index (χ0v) is 17.7. The minimum absolute atomic E-state index is 0.279. The second-order valence-electron chi connectivity index (χ2n) is 7.79. The summed E-state index contributed by atoms with van der Waals surface area (Å²) in [6.07, 6.45) is -1.21. The third-order valence-corrected chi connectivity index (χ3v) is 5.68. The molecule has 2 aromatic heterocycles. The van der Waals surface area contributed by atoms with Crippen LogP contribution in [0.3, 0.4) is 0 Å². The van der Waals surface area contributed by atoms with E-state index >= 15 is 0 Å². The predicted molar refractivity (Wildman–Crippen MR) is 117 cm³/mol. The quantitative estimate of drug-likeness (QED) is 0.460. The highest BCUT2D eigenvalue weighted by Crippen LogP contribution is 2.41. The zero-order chi connectivity index (χ0) is 23.8. The van der Waals surface area contributed by atoms with E-state index < -0.39 is 11.9 Å². The lowest BCUT2D eigenvalue weighted by Crippen LogP contribution is -2.50. The molecule has 0 saturated heterocycles. The molecule has 0 radical (unpaired) electrons. The van der Waals surface area contributed by atoms with Crippen LogP contribution in [0.2, 0.25) is 0 Å². The second-order valence-corrected chi connectivity index (χ2v) is 7.79. The van der Waals surface area contributed by atoms with Gasteiger partial charge in [0, 0.05) is 29.8 Å². The average Bonchev–Trinajstić information content (AvgIpc) is 2.83. The third kappa shape index (κ3) is 4.12. The fraction of sp³-hybridized carbons (Fsp3) is 0.160. The monoisotopic (exact) mass is 465 g/mol. The van der Waals surface area contributed by atoms with Crippen LogP contribution in [0.1, 0.15) is 28.0 Å². The van der Waals surface area contributed by atoms with Crippen LogP contribution >= 0.6 is 0 Å². The van der Waals surface area contributed by atoms with Crippen molar-refractivity contribution in [1.82, 2.24) is 15.3 Å². The van der Waals surface area contributed by atoms with Crippen LogP contribution in [0.5, 0.6) is 11.5 Å². The van der Waals surface area contributed by atoms with Crippen molar-refractivity contribution in [2.45, 2.75) is 18.3 Å². The van der Waals surface area contributed by atoms with E-state index in [1.807, 2.05) is 6.07 Å². The molecule has 0 fully saturated rings. The van der Waals surface area contributed by atoms with Gasteiger partial charge in [-0.05, 0) is 54.1 Å². The summed E-state index contributed by atoms with van der Waals surface area (Å²) in [6.45, 7) is 0.279. The summed E-state index contributed by atoms with van der Waals surface area (Å²) >= 11 is 0. The maximum Gasteiger partial charge on any atom is 0.573 e. The number of nitrogens with zero attached hydrogens (tertiary/aromatic N) is 2. The Balaban J connectivity index is 1.56. The standard InChI is InChI=1S/C25H18F3N3O3/c26-25(27,28)34-19-8-6-18(7-9-19)24(11-14-33-21-4-2-13-30-22(21)24)31-23(32)17-5-10-20-16(15-17)3-1-12-29-20/h1-10,12-13,15H,11,14H2,(H,31,32)/t24-/m0/s1. The first kappa shape index (κ1) is 21.7. The SMILES string of the molecule is O=C(N[C@]1(c2ccc(OC(F)(F)F)cc2)CCOc2cccnc21)c1ccc2ncccc2c1. The molecule has 0 spiro atoms. The largest absolute Gasteiger partial charge is 0.573 e. The Kier molecular flexibility index (Phi) is 5.31. The lowest BCUT2D eigenvalue weighted by Gasteiger charge is -2.39. The van der Waals surface area contributed by atoms with Crippen molar-refractivity contribution in [1.29, 1.82) is 0 Å². The normalized spacial score (nSPS) is 17.5. The van der Waals surface area contributed by atoms with E-state index in [-0.39, 0.29) is 18.3 Å². The molecule has 172 valence electrons. The molecular formula is C25H18F3N3O3. The van der Waals surface area contributed by atoms with Gasteiger partial charge in [0.25, 0.3) is 5.91 Å². The Labute approximate surface area is 192 Å². The van der Waals surface area contributed by atoms with Gasteiger partial charge in [0.2, 0.25) is 0 Å². The first-order valence-corrected chi connectivity index (χ1v) is 10.5. The van der Waals surface area contributed by atoms with Crippen LogP contribution in [-0.2, 0) is 5.54 Å². The van der Waals surface area contributed by atoms with Crippen molar-refractivity contribution < 1.29 is 27.4 Å². The molecule has 34 heavy (non-hydrogen) atoms. The van der Waals surface area contributed by atoms with Gasteiger partial charge in [-0.2, -0.15) is 0 Å². The molecule has 1 amide bonds. The van der Waals surface area contributed by atoms with Gasteiger partial charge in [0.05, 0.1) is 12.1 Å². The van der Waals surface area contributed by atoms with E-state index in [0.29, 0.717) is 29.0 Å². The fourth-order valence-corrected chi connectivity index (χ4v) is 4.16. The van der Waals surface area contributed by atoms with Gasteiger partial charge in [-0.1, -0.05) is 18.2 Å². The molecule has 9 heteroatoms. The van der Waals surface area contributed by atoms with Crippen LogP contribution in [-0.4, -0.2) is 28.8 Å². The maximum atomic E-state index is 13.4. The summed E-state index contributed by atoms with van der Waals surface area (Å²) in [5.41, 5.74) is 1.09. The Bertz CT molecular complexity index is 1360. The number of amides is 1. The van der Waals surface area contributed by atoms with Crippen molar-refractivity contribution in [3.05, 3.63) is 95.9 Å². The molecule has 4 aromatic rings. The first-order valence-electron chi connectivity index (χ1n) is 10.5. The Morgan fingerprint density at radius 1 is 1.00 bits per heavy atom. The van der Waals surface area contributed by atoms with Crippen molar-refractivity contribution >= 4 is 16.8 Å². The van der Waals surface area contributed by atoms with Crippen molar-refractivity contribution in [3.63, 3.8) is 0 Å². The summed E-state index contributed by atoms with van der Waals surface area (Å²) in [6, 6.07) is 17.7. The summed E-state index contributed by atoms with van der Waals surface area (Å²) in [4.78, 5) is 22.2. The predicted octanol–water partition coefficient (Wildman–Crippen LogP) is 4.98. The van der Waals surface area contributed by atoms with Gasteiger partial charge in [-0.15, -0.1) is 13.2 Å². The van der Waals surface area contributed by atoms with Gasteiger partial charge in [-0.25, -0.2) is 0 Å². The van der Waals surface area contributed by atoms with Crippen molar-refractivity contribution in [3.8, 4) is 11.5 Å². The van der Waals surface area contributed by atoms with E-state index in [0.717, 1.165) is 10.9 Å². The molecule has 0 bridgehead atoms. The Morgan fingerprint density at radius 2 is 1.76 bits per heavy atom. The van der Waals surface area contributed by atoms with Gasteiger partial charge in [0.15, 0.2) is 0 Å². The zero-order valence-electron chi connectivity index (χ0n) is 17.7. The third-order valence-electron chi connectivity index (χ3n) is 5.68. The topological polar surface area (TPSA) is 73.3 Å². The molecule has 6 nitrogen and oxygen atoms in total. The summed E-state index contributed by atoms with van der Waals surface area (Å²) in [5, 5.41) is 3.90. The second kappa shape index (κ2) is 8.33. The van der Waals surface area contributed by atoms with Crippen LogP contribution in [0.25, 0.3) is 10.9 Å². The number of hydrogen-bond acceptors (Lipinski definition) is 5. The average molecular weight is 465 g/mol. The molecule has 5 rings (SSSR count). The number of carbonyl (C=O) groups is 1.